The third kappa shape index (κ3) is 16.7. The predicted octanol–water partition coefficient (Wildman–Crippen LogP) is -1.66. The molecule has 0 bridgehead atoms. The van der Waals surface area contributed by atoms with Crippen molar-refractivity contribution in [3.8, 4) is 0 Å². The first kappa shape index (κ1) is 51.4. The summed E-state index contributed by atoms with van der Waals surface area (Å²) in [5, 5.41) is 9.43. The maximum Gasteiger partial charge on any atom is 0.267 e. The van der Waals surface area contributed by atoms with E-state index in [1.54, 1.807) is 70.5 Å². The fourth-order valence-electron chi connectivity index (χ4n) is 5.87. The van der Waals surface area contributed by atoms with Crippen LogP contribution < -0.4 is 26.6 Å². The number of rotatable bonds is 23. The summed E-state index contributed by atoms with van der Waals surface area (Å²) in [6, 6.07) is 17.3. The van der Waals surface area contributed by atoms with Gasteiger partial charge in [0, 0.05) is 6.54 Å². The summed E-state index contributed by atoms with van der Waals surface area (Å²) in [6.45, 7) is 1.25. The highest BCUT2D eigenvalue weighted by atomic mass is 32.2. The number of hydrogen-bond acceptors (Lipinski definition) is 14. The van der Waals surface area contributed by atoms with Gasteiger partial charge in [0.15, 0.2) is 0 Å². The van der Waals surface area contributed by atoms with Crippen LogP contribution in [-0.4, -0.2) is 141 Å². The van der Waals surface area contributed by atoms with Crippen molar-refractivity contribution in [3.05, 3.63) is 108 Å². The summed E-state index contributed by atoms with van der Waals surface area (Å²) in [7, 11) is -20.7. The Balaban J connectivity index is 1.96. The van der Waals surface area contributed by atoms with E-state index in [1.165, 1.54) is 6.92 Å². The maximum absolute atomic E-state index is 13.6. The Kier molecular flexibility index (Phi) is 18.1. The van der Waals surface area contributed by atoms with Crippen LogP contribution in [0.5, 0.6) is 0 Å². The zero-order valence-electron chi connectivity index (χ0n) is 32.3. The van der Waals surface area contributed by atoms with Crippen LogP contribution >= 0.6 is 11.8 Å². The monoisotopic (exact) mass is 965 g/mol. The molecule has 62 heavy (non-hydrogen) atoms. The van der Waals surface area contributed by atoms with Gasteiger partial charge in [-0.2, -0.15) is 33.7 Å². The first-order valence-corrected chi connectivity index (χ1v) is 25.2. The van der Waals surface area contributed by atoms with E-state index in [0.29, 0.717) is 16.7 Å². The molecule has 0 aliphatic carbocycles. The molecule has 0 aliphatic heterocycles. The van der Waals surface area contributed by atoms with Crippen LogP contribution in [0.3, 0.4) is 0 Å². The van der Waals surface area contributed by atoms with Gasteiger partial charge in [-0.25, -0.2) is 0 Å². The number of benzene rings is 3. The van der Waals surface area contributed by atoms with Crippen LogP contribution in [0.1, 0.15) is 23.6 Å². The molecule has 0 unspecified atom stereocenters. The zero-order chi connectivity index (χ0) is 46.5. The highest BCUT2D eigenvalue weighted by molar-refractivity contribution is 8.01. The van der Waals surface area contributed by atoms with E-state index in [9.17, 15) is 75.9 Å². The molecule has 0 fully saturated rings. The molecule has 0 aliphatic rings. The van der Waals surface area contributed by atoms with Crippen molar-refractivity contribution in [2.75, 3.05) is 35.3 Å². The van der Waals surface area contributed by atoms with Crippen LogP contribution in [0.4, 0.5) is 0 Å². The number of hydrogen-bond donors (Lipinski definition) is 9. The SMILES string of the molecule is CCNC(=O)[C@H](CS(=O)(=O)O)NC(=O)[C@H](CS(=O)(=O)O)NC(=O)[C@H](CS(=O)(=O)O)NC(=O)[C@H](CS(=O)(=O)O)NC(=O)CSC(c1ccccc1)(c1ccccc1)c1ccccc1. The maximum atomic E-state index is 13.6. The second-order valence-corrected chi connectivity index (χ2v) is 20.4. The average molecular weight is 966 g/mol. The summed E-state index contributed by atoms with van der Waals surface area (Å²) in [5.41, 5.74) is 2.13. The van der Waals surface area contributed by atoms with E-state index in [2.05, 4.69) is 10.6 Å². The molecule has 0 saturated carbocycles. The summed E-state index contributed by atoms with van der Waals surface area (Å²) in [4.78, 5) is 66.2. The lowest BCUT2D eigenvalue weighted by Crippen LogP contribution is -2.61. The molecule has 0 saturated heterocycles. The van der Waals surface area contributed by atoms with E-state index >= 15 is 0 Å². The molecule has 3 aromatic carbocycles. The van der Waals surface area contributed by atoms with Crippen molar-refractivity contribution in [1.82, 2.24) is 26.6 Å². The van der Waals surface area contributed by atoms with Crippen molar-refractivity contribution >= 4 is 81.8 Å². The molecular formula is C35H43N5O17S5. The van der Waals surface area contributed by atoms with E-state index in [4.69, 9.17) is 0 Å². The molecule has 340 valence electrons. The Morgan fingerprint density at radius 1 is 0.484 bits per heavy atom. The number of carbonyl (C=O) groups is 5. The predicted molar refractivity (Wildman–Crippen MR) is 224 cm³/mol. The molecule has 27 heteroatoms. The van der Waals surface area contributed by atoms with Gasteiger partial charge in [0.2, 0.25) is 29.5 Å². The van der Waals surface area contributed by atoms with E-state index < -0.39 is 128 Å². The van der Waals surface area contributed by atoms with Crippen LogP contribution in [0.15, 0.2) is 91.0 Å². The molecule has 0 heterocycles. The third-order valence-corrected chi connectivity index (χ3v) is 12.9. The molecule has 3 rings (SSSR count). The van der Waals surface area contributed by atoms with E-state index in [1.807, 2.05) is 36.4 Å². The number of likely N-dealkylation sites (N-methyl/N-ethyl adjacent to an activating group) is 1. The molecule has 0 radical (unpaired) electrons. The van der Waals surface area contributed by atoms with E-state index in [0.717, 1.165) is 11.8 Å². The van der Waals surface area contributed by atoms with Gasteiger partial charge in [-0.05, 0) is 23.6 Å². The van der Waals surface area contributed by atoms with Gasteiger partial charge in [0.1, 0.15) is 47.2 Å². The highest BCUT2D eigenvalue weighted by Gasteiger charge is 2.39. The van der Waals surface area contributed by atoms with Gasteiger partial charge in [0.25, 0.3) is 40.5 Å². The Hall–Kier alpha value is -5.00. The largest absolute Gasteiger partial charge is 0.355 e. The van der Waals surface area contributed by atoms with Crippen molar-refractivity contribution in [1.29, 1.82) is 0 Å². The number of thioether (sulfide) groups is 1. The molecule has 5 amide bonds. The lowest BCUT2D eigenvalue weighted by molar-refractivity contribution is -0.133. The minimum absolute atomic E-state index is 0.132. The van der Waals surface area contributed by atoms with Gasteiger partial charge in [-0.15, -0.1) is 11.8 Å². The Labute approximate surface area is 361 Å². The molecular weight excluding hydrogens is 923 g/mol. The fraction of sp³-hybridized carbons (Fsp3) is 0.343. The van der Waals surface area contributed by atoms with Gasteiger partial charge in [-0.1, -0.05) is 91.0 Å². The minimum atomic E-state index is -5.30. The molecule has 0 aromatic heterocycles. The van der Waals surface area contributed by atoms with Crippen LogP contribution in [0.2, 0.25) is 0 Å². The summed E-state index contributed by atoms with van der Waals surface area (Å²) < 4.78 is 132. The standard InChI is InChI=1S/C35H43N5O17S5/c1-2-36-31(42)26(19-59(46,47)48)38-33(44)28(21-61(52,53)54)40-34(45)29(22-62(55,56)57)39-32(43)27(20-60(49,50)51)37-30(41)18-58-35(23-12-6-3-7-13-23,24-14-8-4-9-15-24)25-16-10-5-11-17-25/h3-17,26-29H,2,18-22H2,1H3,(H,36,42)(H,37,41)(H,38,44)(H,39,43)(H,40,45)(H,46,47,48)(H,49,50,51)(H,52,53,54)(H,55,56,57)/t26-,27-,28-,29-/m0/s1. The van der Waals surface area contributed by atoms with E-state index in [-0.39, 0.29) is 6.54 Å². The van der Waals surface area contributed by atoms with Crippen molar-refractivity contribution in [2.24, 2.45) is 0 Å². The lowest BCUT2D eigenvalue weighted by atomic mass is 9.84. The Morgan fingerprint density at radius 2 is 0.758 bits per heavy atom. The zero-order valence-corrected chi connectivity index (χ0v) is 36.4. The molecule has 3 aromatic rings. The van der Waals surface area contributed by atoms with Crippen molar-refractivity contribution in [3.63, 3.8) is 0 Å². The topological polar surface area (TPSA) is 363 Å². The second-order valence-electron chi connectivity index (χ2n) is 13.3. The van der Waals surface area contributed by atoms with Gasteiger partial charge < -0.3 is 26.6 Å². The summed E-state index contributed by atoms with van der Waals surface area (Å²) in [5.74, 6) is -14.4. The summed E-state index contributed by atoms with van der Waals surface area (Å²) in [6.07, 6.45) is 0. The number of carbonyl (C=O) groups excluding carboxylic acids is 5. The highest BCUT2D eigenvalue weighted by Crippen LogP contribution is 2.48. The van der Waals surface area contributed by atoms with Crippen molar-refractivity contribution in [2.45, 2.75) is 35.8 Å². The Bertz CT molecular complexity index is 2420. The van der Waals surface area contributed by atoms with Crippen molar-refractivity contribution < 1.29 is 75.9 Å². The smallest absolute Gasteiger partial charge is 0.267 e. The third-order valence-electron chi connectivity index (χ3n) is 8.37. The fourth-order valence-corrected chi connectivity index (χ4v) is 9.83. The number of nitrogens with one attached hydrogen (secondary N) is 5. The number of amides is 5. The normalized spacial score (nSPS) is 14.3. The average Bonchev–Trinajstić information content (AvgIpc) is 3.16. The van der Waals surface area contributed by atoms with Gasteiger partial charge in [-0.3, -0.25) is 42.2 Å². The summed E-state index contributed by atoms with van der Waals surface area (Å²) >= 11 is 1.05. The molecule has 22 nitrogen and oxygen atoms in total. The first-order chi connectivity index (χ1) is 28.7. The lowest BCUT2D eigenvalue weighted by Gasteiger charge is -2.35. The quantitative estimate of drug-likeness (QED) is 0.0379. The van der Waals surface area contributed by atoms with Crippen LogP contribution in [0, 0.1) is 0 Å². The molecule has 4 atom stereocenters. The van der Waals surface area contributed by atoms with Gasteiger partial charge in [0.05, 0.1) is 10.5 Å². The molecule has 9 N–H and O–H groups in total. The van der Waals surface area contributed by atoms with Crippen LogP contribution in [0.25, 0.3) is 0 Å². The van der Waals surface area contributed by atoms with Gasteiger partial charge >= 0.3 is 0 Å². The molecule has 0 spiro atoms. The second kappa shape index (κ2) is 21.9. The Morgan fingerprint density at radius 3 is 1.03 bits per heavy atom. The first-order valence-electron chi connectivity index (χ1n) is 17.8. The minimum Gasteiger partial charge on any atom is -0.355 e. The van der Waals surface area contributed by atoms with Crippen LogP contribution in [-0.2, 0) is 69.2 Å².